The molecular weight excluding hydrogens is 519 g/mol. The number of nitrogens with zero attached hydrogens (tertiary/aromatic N) is 3. The highest BCUT2D eigenvalue weighted by atomic mass is 19.1. The third-order valence-corrected chi connectivity index (χ3v) is 7.25. The van der Waals surface area contributed by atoms with Crippen molar-refractivity contribution < 1.29 is 14.0 Å². The van der Waals surface area contributed by atoms with Crippen LogP contribution >= 0.6 is 0 Å². The molecule has 3 aromatic carbocycles. The van der Waals surface area contributed by atoms with E-state index in [0.29, 0.717) is 30.3 Å². The quantitative estimate of drug-likeness (QED) is 0.249. The zero-order chi connectivity index (χ0) is 28.7. The third kappa shape index (κ3) is 4.82. The molecule has 0 radical (unpaired) electrons. The SMILES string of the molecule is Cc1ccc2c(c1)CCn1nc(-c3ccc(C(=O)Nc4cccc(-c5ccccc5)n4)c(C)c3F)c(C(N)=O)c1N2. The number of anilines is 3. The molecule has 4 N–H and O–H groups in total. The lowest BCUT2D eigenvalue weighted by molar-refractivity contribution is 0.0998. The molecule has 0 spiro atoms. The summed E-state index contributed by atoms with van der Waals surface area (Å²) < 4.78 is 17.5. The smallest absolute Gasteiger partial charge is 0.257 e. The lowest BCUT2D eigenvalue weighted by atomic mass is 9.99. The Morgan fingerprint density at radius 1 is 1.00 bits per heavy atom. The van der Waals surface area contributed by atoms with Crippen molar-refractivity contribution in [2.24, 2.45) is 5.73 Å². The molecule has 0 unspecified atom stereocenters. The van der Waals surface area contributed by atoms with Gasteiger partial charge in [-0.15, -0.1) is 0 Å². The number of nitrogens with one attached hydrogen (secondary N) is 2. The molecule has 1 aliphatic heterocycles. The Bertz CT molecular complexity index is 1830. The fourth-order valence-corrected chi connectivity index (χ4v) is 5.15. The molecule has 0 bridgehead atoms. The van der Waals surface area contributed by atoms with Gasteiger partial charge < -0.3 is 16.4 Å². The van der Waals surface area contributed by atoms with Gasteiger partial charge in [-0.1, -0.05) is 54.1 Å². The number of aryl methyl sites for hydroxylation is 3. The minimum Gasteiger partial charge on any atom is -0.365 e. The molecule has 1 aliphatic rings. The van der Waals surface area contributed by atoms with Gasteiger partial charge in [0.15, 0.2) is 0 Å². The topological polar surface area (TPSA) is 115 Å². The highest BCUT2D eigenvalue weighted by Gasteiger charge is 2.28. The van der Waals surface area contributed by atoms with Gasteiger partial charge >= 0.3 is 0 Å². The van der Waals surface area contributed by atoms with E-state index in [1.54, 1.807) is 16.8 Å². The molecule has 0 fully saturated rings. The van der Waals surface area contributed by atoms with Crippen molar-refractivity contribution in [2.75, 3.05) is 10.6 Å². The van der Waals surface area contributed by atoms with E-state index < -0.39 is 17.6 Å². The first-order chi connectivity index (χ1) is 19.8. The van der Waals surface area contributed by atoms with Gasteiger partial charge in [-0.25, -0.2) is 14.1 Å². The van der Waals surface area contributed by atoms with Crippen LogP contribution in [0.4, 0.5) is 21.7 Å². The maximum atomic E-state index is 15.9. The molecule has 0 aliphatic carbocycles. The molecule has 0 saturated heterocycles. The Labute approximate surface area is 236 Å². The van der Waals surface area contributed by atoms with Crippen LogP contribution in [0.3, 0.4) is 0 Å². The first-order valence-corrected chi connectivity index (χ1v) is 13.2. The van der Waals surface area contributed by atoms with E-state index in [9.17, 15) is 9.59 Å². The molecule has 3 heterocycles. The molecular formula is C32H27FN6O2. The second kappa shape index (κ2) is 10.3. The zero-order valence-electron chi connectivity index (χ0n) is 22.5. The van der Waals surface area contributed by atoms with Crippen molar-refractivity contribution >= 4 is 29.1 Å². The van der Waals surface area contributed by atoms with Gasteiger partial charge in [0, 0.05) is 28.9 Å². The van der Waals surface area contributed by atoms with Gasteiger partial charge in [0.25, 0.3) is 11.8 Å². The van der Waals surface area contributed by atoms with Crippen LogP contribution in [0.5, 0.6) is 0 Å². The standard InChI is InChI=1S/C32H27FN6O2/c1-18-11-14-25-21(17-18)15-16-39-31(36-25)27(30(34)40)29(38-39)23-13-12-22(19(2)28(23)33)32(41)37-26-10-6-9-24(35-26)20-7-4-3-5-8-20/h3-14,17,36H,15-16H2,1-2H3,(H2,34,40)(H,35,37,41). The molecule has 6 rings (SSSR count). The molecule has 2 aromatic heterocycles. The number of carbonyl (C=O) groups is 2. The maximum Gasteiger partial charge on any atom is 0.257 e. The summed E-state index contributed by atoms with van der Waals surface area (Å²) in [4.78, 5) is 30.3. The fourth-order valence-electron chi connectivity index (χ4n) is 5.15. The number of primary amides is 1. The first kappa shape index (κ1) is 25.9. The van der Waals surface area contributed by atoms with Crippen LogP contribution in [0.1, 0.15) is 37.4 Å². The van der Waals surface area contributed by atoms with Gasteiger partial charge in [0.1, 0.15) is 28.7 Å². The van der Waals surface area contributed by atoms with E-state index in [1.165, 1.54) is 19.1 Å². The number of nitrogens with two attached hydrogens (primary N) is 1. The Balaban J connectivity index is 1.32. The summed E-state index contributed by atoms with van der Waals surface area (Å²) in [6.07, 6.45) is 0.677. The van der Waals surface area contributed by atoms with Crippen LogP contribution in [0.25, 0.3) is 22.5 Å². The molecule has 41 heavy (non-hydrogen) atoms. The van der Waals surface area contributed by atoms with Crippen molar-refractivity contribution in [3.63, 3.8) is 0 Å². The zero-order valence-corrected chi connectivity index (χ0v) is 22.5. The van der Waals surface area contributed by atoms with Crippen molar-refractivity contribution in [3.05, 3.63) is 112 Å². The van der Waals surface area contributed by atoms with E-state index in [1.807, 2.05) is 55.5 Å². The van der Waals surface area contributed by atoms with Crippen LogP contribution in [0.2, 0.25) is 0 Å². The lowest BCUT2D eigenvalue weighted by Gasteiger charge is -2.12. The van der Waals surface area contributed by atoms with Crippen LogP contribution in [-0.4, -0.2) is 26.6 Å². The Kier molecular flexibility index (Phi) is 6.55. The van der Waals surface area contributed by atoms with Crippen molar-refractivity contribution in [3.8, 4) is 22.5 Å². The number of hydrogen-bond acceptors (Lipinski definition) is 5. The number of rotatable bonds is 5. The number of amides is 2. The highest BCUT2D eigenvalue weighted by molar-refractivity contribution is 6.07. The average Bonchev–Trinajstić information content (AvgIpc) is 3.23. The van der Waals surface area contributed by atoms with Crippen LogP contribution < -0.4 is 16.4 Å². The second-order valence-corrected chi connectivity index (χ2v) is 10.0. The molecule has 204 valence electrons. The van der Waals surface area contributed by atoms with Gasteiger partial charge in [-0.3, -0.25) is 9.59 Å². The van der Waals surface area contributed by atoms with E-state index >= 15 is 4.39 Å². The van der Waals surface area contributed by atoms with E-state index in [4.69, 9.17) is 5.73 Å². The Hall–Kier alpha value is -5.31. The van der Waals surface area contributed by atoms with Gasteiger partial charge in [0.05, 0.1) is 5.69 Å². The van der Waals surface area contributed by atoms with Crippen LogP contribution in [-0.2, 0) is 13.0 Å². The summed E-state index contributed by atoms with van der Waals surface area (Å²) in [7, 11) is 0. The summed E-state index contributed by atoms with van der Waals surface area (Å²) in [6.45, 7) is 4.02. The third-order valence-electron chi connectivity index (χ3n) is 7.25. The summed E-state index contributed by atoms with van der Waals surface area (Å²) >= 11 is 0. The summed E-state index contributed by atoms with van der Waals surface area (Å²) in [5.41, 5.74) is 11.0. The van der Waals surface area contributed by atoms with E-state index in [0.717, 1.165) is 22.4 Å². The van der Waals surface area contributed by atoms with E-state index in [-0.39, 0.29) is 27.9 Å². The second-order valence-electron chi connectivity index (χ2n) is 10.0. The molecule has 5 aromatic rings. The van der Waals surface area contributed by atoms with Crippen molar-refractivity contribution in [2.45, 2.75) is 26.8 Å². The highest BCUT2D eigenvalue weighted by Crippen LogP contribution is 2.36. The Morgan fingerprint density at radius 2 is 1.80 bits per heavy atom. The number of carbonyl (C=O) groups excluding carboxylic acids is 2. The minimum atomic E-state index is -0.729. The Morgan fingerprint density at radius 3 is 2.59 bits per heavy atom. The van der Waals surface area contributed by atoms with Crippen molar-refractivity contribution in [1.82, 2.24) is 14.8 Å². The average molecular weight is 547 g/mol. The number of hydrogen-bond donors (Lipinski definition) is 3. The number of halogens is 1. The normalized spacial score (nSPS) is 12.1. The predicted molar refractivity (Wildman–Crippen MR) is 157 cm³/mol. The molecule has 0 atom stereocenters. The number of fused-ring (bicyclic) bond motifs is 2. The molecule has 8 nitrogen and oxygen atoms in total. The largest absolute Gasteiger partial charge is 0.365 e. The monoisotopic (exact) mass is 546 g/mol. The van der Waals surface area contributed by atoms with Gasteiger partial charge in [0.2, 0.25) is 0 Å². The molecule has 2 amide bonds. The number of aromatic nitrogens is 3. The van der Waals surface area contributed by atoms with Crippen molar-refractivity contribution in [1.29, 1.82) is 0 Å². The summed E-state index contributed by atoms with van der Waals surface area (Å²) in [6, 6.07) is 23.9. The molecule has 9 heteroatoms. The van der Waals surface area contributed by atoms with Gasteiger partial charge in [-0.2, -0.15) is 5.10 Å². The van der Waals surface area contributed by atoms with E-state index in [2.05, 4.69) is 26.8 Å². The lowest BCUT2D eigenvalue weighted by Crippen LogP contribution is -2.16. The summed E-state index contributed by atoms with van der Waals surface area (Å²) in [5, 5.41) is 10.6. The minimum absolute atomic E-state index is 0.0866. The van der Waals surface area contributed by atoms with Crippen LogP contribution in [0.15, 0.2) is 78.9 Å². The molecule has 0 saturated carbocycles. The fraction of sp³-hybridized carbons (Fsp3) is 0.125. The van der Waals surface area contributed by atoms with Gasteiger partial charge in [-0.05, 0) is 61.7 Å². The number of benzene rings is 3. The summed E-state index contributed by atoms with van der Waals surface area (Å²) in [5.74, 6) is -1.13. The number of pyridine rings is 1. The maximum absolute atomic E-state index is 15.9. The van der Waals surface area contributed by atoms with Crippen LogP contribution in [0, 0.1) is 19.7 Å². The first-order valence-electron chi connectivity index (χ1n) is 13.2. The predicted octanol–water partition coefficient (Wildman–Crippen LogP) is 6.02.